The molecule has 0 fully saturated rings. The predicted octanol–water partition coefficient (Wildman–Crippen LogP) is 3.45. The Bertz CT molecular complexity index is 791. The van der Waals surface area contributed by atoms with E-state index in [0.29, 0.717) is 11.3 Å². The number of halogens is 5. The van der Waals surface area contributed by atoms with Crippen molar-refractivity contribution in [2.75, 3.05) is 5.32 Å². The number of H-pyrrole nitrogens is 1. The van der Waals surface area contributed by atoms with Crippen LogP contribution >= 0.6 is 0 Å². The molecule has 4 nitrogen and oxygen atoms in total. The van der Waals surface area contributed by atoms with Crippen molar-refractivity contribution in [1.29, 1.82) is 0 Å². The van der Waals surface area contributed by atoms with Crippen molar-refractivity contribution in [3.63, 3.8) is 0 Å². The molecule has 0 saturated carbocycles. The van der Waals surface area contributed by atoms with Gasteiger partial charge in [-0.05, 0) is 31.5 Å². The van der Waals surface area contributed by atoms with E-state index in [9.17, 15) is 26.7 Å². The van der Waals surface area contributed by atoms with E-state index in [1.165, 1.54) is 12.1 Å². The van der Waals surface area contributed by atoms with Crippen molar-refractivity contribution >= 4 is 22.6 Å². The van der Waals surface area contributed by atoms with Crippen LogP contribution in [-0.2, 0) is 16.1 Å². The second-order valence-electron chi connectivity index (χ2n) is 5.65. The zero-order valence-electron chi connectivity index (χ0n) is 11.4. The van der Waals surface area contributed by atoms with Gasteiger partial charge in [-0.15, -0.1) is 0 Å². The largest absolute Gasteiger partial charge is 0.461 e. The third-order valence-corrected chi connectivity index (χ3v) is 3.76. The molecule has 1 aliphatic rings. The number of rotatable bonds is 1. The molecule has 1 amide bonds. The van der Waals surface area contributed by atoms with Gasteiger partial charge >= 0.3 is 12.1 Å². The summed E-state index contributed by atoms with van der Waals surface area (Å²) in [5.41, 5.74) is -0.0980. The zero-order valence-corrected chi connectivity index (χ0v) is 11.4. The fraction of sp³-hybridized carbons (Fsp3) is 0.385. The SMILES string of the molecule is CC1(C)C(=O)Nc2cc3[nH]c(C(F)(F)C(F)(F)F)nc3cc21. The summed E-state index contributed by atoms with van der Waals surface area (Å²) < 4.78 is 63.8. The third-order valence-electron chi connectivity index (χ3n) is 3.76. The molecule has 0 bridgehead atoms. The average molecular weight is 319 g/mol. The average Bonchev–Trinajstić information content (AvgIpc) is 2.87. The molecule has 0 atom stereocenters. The molecule has 0 spiro atoms. The molecule has 3 rings (SSSR count). The minimum Gasteiger partial charge on any atom is -0.337 e. The summed E-state index contributed by atoms with van der Waals surface area (Å²) >= 11 is 0. The molecule has 0 saturated heterocycles. The smallest absolute Gasteiger partial charge is 0.337 e. The molecule has 118 valence electrons. The summed E-state index contributed by atoms with van der Waals surface area (Å²) in [6.07, 6.45) is -5.74. The van der Waals surface area contributed by atoms with Gasteiger partial charge < -0.3 is 10.3 Å². The second-order valence-corrected chi connectivity index (χ2v) is 5.65. The molecule has 0 unspecified atom stereocenters. The van der Waals surface area contributed by atoms with Gasteiger partial charge in [0.15, 0.2) is 5.82 Å². The Hall–Kier alpha value is -2.19. The maximum atomic E-state index is 13.3. The molecular weight excluding hydrogens is 309 g/mol. The highest BCUT2D eigenvalue weighted by Gasteiger charge is 2.61. The highest BCUT2D eigenvalue weighted by molar-refractivity contribution is 6.07. The second kappa shape index (κ2) is 3.96. The molecule has 1 aromatic heterocycles. The fourth-order valence-electron chi connectivity index (χ4n) is 2.36. The highest BCUT2D eigenvalue weighted by Crippen LogP contribution is 2.44. The number of carbonyl (C=O) groups is 1. The minimum absolute atomic E-state index is 0.00400. The zero-order chi connectivity index (χ0) is 16.5. The number of hydrogen-bond acceptors (Lipinski definition) is 2. The first kappa shape index (κ1) is 14.7. The molecule has 0 aliphatic carbocycles. The molecular formula is C13H10F5N3O. The lowest BCUT2D eigenvalue weighted by Gasteiger charge is -2.16. The Morgan fingerprint density at radius 1 is 1.14 bits per heavy atom. The van der Waals surface area contributed by atoms with Gasteiger partial charge in [-0.25, -0.2) is 4.98 Å². The van der Waals surface area contributed by atoms with Gasteiger partial charge in [-0.2, -0.15) is 22.0 Å². The Morgan fingerprint density at radius 3 is 2.36 bits per heavy atom. The molecule has 2 aromatic rings. The van der Waals surface area contributed by atoms with Gasteiger partial charge in [0, 0.05) is 5.69 Å². The minimum atomic E-state index is -5.74. The van der Waals surface area contributed by atoms with Crippen LogP contribution in [0.5, 0.6) is 0 Å². The summed E-state index contributed by atoms with van der Waals surface area (Å²) in [6.45, 7) is 3.25. The van der Waals surface area contributed by atoms with E-state index >= 15 is 0 Å². The van der Waals surface area contributed by atoms with Crippen molar-refractivity contribution in [3.8, 4) is 0 Å². The van der Waals surface area contributed by atoms with Crippen LogP contribution in [0, 0.1) is 0 Å². The van der Waals surface area contributed by atoms with Crippen LogP contribution < -0.4 is 5.32 Å². The molecule has 2 N–H and O–H groups in total. The van der Waals surface area contributed by atoms with E-state index in [4.69, 9.17) is 0 Å². The molecule has 2 heterocycles. The number of hydrogen-bond donors (Lipinski definition) is 2. The van der Waals surface area contributed by atoms with Gasteiger partial charge in [0.1, 0.15) is 0 Å². The van der Waals surface area contributed by atoms with Gasteiger partial charge in [-0.3, -0.25) is 4.79 Å². The lowest BCUT2D eigenvalue weighted by molar-refractivity contribution is -0.292. The molecule has 22 heavy (non-hydrogen) atoms. The molecule has 1 aliphatic heterocycles. The number of alkyl halides is 5. The number of benzene rings is 1. The first-order valence-electron chi connectivity index (χ1n) is 6.25. The van der Waals surface area contributed by atoms with Crippen LogP contribution in [0.1, 0.15) is 25.2 Å². The quantitative estimate of drug-likeness (QED) is 0.791. The molecule has 1 aromatic carbocycles. The molecule has 9 heteroatoms. The maximum Gasteiger partial charge on any atom is 0.461 e. The van der Waals surface area contributed by atoms with E-state index in [2.05, 4.69) is 10.3 Å². The van der Waals surface area contributed by atoms with Crippen molar-refractivity contribution in [2.24, 2.45) is 0 Å². The topological polar surface area (TPSA) is 57.8 Å². The first-order chi connectivity index (χ1) is 9.94. The maximum absolute atomic E-state index is 13.3. The number of aromatic nitrogens is 2. The summed E-state index contributed by atoms with van der Waals surface area (Å²) in [7, 11) is 0. The Kier molecular flexibility index (Phi) is 2.65. The first-order valence-corrected chi connectivity index (χ1v) is 6.25. The molecule has 0 radical (unpaired) electrons. The van der Waals surface area contributed by atoms with Crippen LogP contribution in [0.2, 0.25) is 0 Å². The number of anilines is 1. The van der Waals surface area contributed by atoms with Gasteiger partial charge in [-0.1, -0.05) is 0 Å². The van der Waals surface area contributed by atoms with Gasteiger partial charge in [0.05, 0.1) is 16.4 Å². The number of nitrogens with one attached hydrogen (secondary N) is 2. The number of amides is 1. The normalized spacial score (nSPS) is 17.7. The number of aromatic amines is 1. The monoisotopic (exact) mass is 319 g/mol. The van der Waals surface area contributed by atoms with Crippen molar-refractivity contribution < 1.29 is 26.7 Å². The van der Waals surface area contributed by atoms with E-state index < -0.39 is 23.3 Å². The van der Waals surface area contributed by atoms with E-state index in [1.807, 2.05) is 4.98 Å². The fourth-order valence-corrected chi connectivity index (χ4v) is 2.36. The third kappa shape index (κ3) is 1.80. The summed E-state index contributed by atoms with van der Waals surface area (Å²) in [4.78, 5) is 17.1. The Labute approximate surface area is 120 Å². The summed E-state index contributed by atoms with van der Waals surface area (Å²) in [6, 6.07) is 2.65. The highest BCUT2D eigenvalue weighted by atomic mass is 19.4. The Balaban J connectivity index is 2.17. The van der Waals surface area contributed by atoms with Crippen LogP contribution in [-0.4, -0.2) is 22.1 Å². The van der Waals surface area contributed by atoms with E-state index in [1.54, 1.807) is 13.8 Å². The van der Waals surface area contributed by atoms with Crippen molar-refractivity contribution in [1.82, 2.24) is 9.97 Å². The predicted molar refractivity (Wildman–Crippen MR) is 67.7 cm³/mol. The van der Waals surface area contributed by atoms with Crippen LogP contribution in [0.25, 0.3) is 11.0 Å². The number of carbonyl (C=O) groups excluding carboxylic acids is 1. The number of imidazole rings is 1. The Morgan fingerprint density at radius 2 is 1.77 bits per heavy atom. The standard InChI is InChI=1S/C13H10F5N3O/c1-11(2)5-3-7-8(4-6(5)21-10(11)22)20-9(19-7)12(14,15)13(16,17)18/h3-4H,1-2H3,(H,19,20)(H,21,22). The number of nitrogens with zero attached hydrogens (tertiary/aromatic N) is 1. The van der Waals surface area contributed by atoms with Gasteiger partial charge in [0.25, 0.3) is 0 Å². The van der Waals surface area contributed by atoms with Crippen LogP contribution in [0.15, 0.2) is 12.1 Å². The van der Waals surface area contributed by atoms with Crippen LogP contribution in [0.3, 0.4) is 0 Å². The van der Waals surface area contributed by atoms with Crippen LogP contribution in [0.4, 0.5) is 27.6 Å². The van der Waals surface area contributed by atoms with Crippen molar-refractivity contribution in [2.45, 2.75) is 31.4 Å². The van der Waals surface area contributed by atoms with E-state index in [0.717, 1.165) is 0 Å². The number of fused-ring (bicyclic) bond motifs is 2. The lowest BCUT2D eigenvalue weighted by Crippen LogP contribution is -2.34. The lowest BCUT2D eigenvalue weighted by atomic mass is 9.86. The summed E-state index contributed by atoms with van der Waals surface area (Å²) in [5.74, 6) is -6.83. The summed E-state index contributed by atoms with van der Waals surface area (Å²) in [5, 5.41) is 2.56. The van der Waals surface area contributed by atoms with E-state index in [-0.39, 0.29) is 16.9 Å². The van der Waals surface area contributed by atoms with Gasteiger partial charge in [0.2, 0.25) is 5.91 Å². The van der Waals surface area contributed by atoms with Crippen molar-refractivity contribution in [3.05, 3.63) is 23.5 Å².